The molecule has 28 heavy (non-hydrogen) atoms. The molecule has 2 aliphatic rings. The van der Waals surface area contributed by atoms with Gasteiger partial charge in [-0.3, -0.25) is 4.90 Å². The van der Waals surface area contributed by atoms with Crippen LogP contribution in [0.15, 0.2) is 24.3 Å². The quantitative estimate of drug-likeness (QED) is 0.751. The molecular weight excluding hydrogens is 400 g/mol. The van der Waals surface area contributed by atoms with Crippen molar-refractivity contribution in [2.45, 2.75) is 44.3 Å². The number of nitrogens with zero attached hydrogens (tertiary/aromatic N) is 2. The maximum Gasteiger partial charge on any atom is 0.315 e. The summed E-state index contributed by atoms with van der Waals surface area (Å²) in [6.45, 7) is 3.72. The second-order valence-electron chi connectivity index (χ2n) is 7.73. The number of nitrogens with one attached hydrogen (secondary N) is 2. The predicted molar refractivity (Wildman–Crippen MR) is 111 cm³/mol. The van der Waals surface area contributed by atoms with Gasteiger partial charge in [0.05, 0.1) is 6.26 Å². The smallest absolute Gasteiger partial charge is 0.315 e. The number of likely N-dealkylation sites (tertiary alicyclic amines) is 1. The minimum absolute atomic E-state index is 0.0305. The highest BCUT2D eigenvalue weighted by molar-refractivity contribution is 7.88. The Morgan fingerprint density at radius 3 is 2.00 bits per heavy atom. The molecule has 2 heterocycles. The van der Waals surface area contributed by atoms with Gasteiger partial charge in [-0.05, 0) is 43.4 Å². The zero-order chi connectivity index (χ0) is 20.1. The molecule has 2 N–H and O–H groups in total. The van der Waals surface area contributed by atoms with Gasteiger partial charge in [0.15, 0.2) is 0 Å². The van der Waals surface area contributed by atoms with Gasteiger partial charge >= 0.3 is 6.03 Å². The highest BCUT2D eigenvalue weighted by Gasteiger charge is 2.27. The first-order valence-corrected chi connectivity index (χ1v) is 12.0. The number of piperidine rings is 2. The third kappa shape index (κ3) is 6.34. The number of sulfonamides is 1. The number of hydrogen-bond donors (Lipinski definition) is 2. The minimum Gasteiger partial charge on any atom is -0.335 e. The van der Waals surface area contributed by atoms with Gasteiger partial charge < -0.3 is 10.6 Å². The van der Waals surface area contributed by atoms with Crippen molar-refractivity contribution in [2.75, 3.05) is 32.4 Å². The molecule has 1 aromatic rings. The van der Waals surface area contributed by atoms with Crippen molar-refractivity contribution >= 4 is 27.7 Å². The van der Waals surface area contributed by atoms with E-state index in [9.17, 15) is 13.2 Å². The molecule has 0 saturated carbocycles. The van der Waals surface area contributed by atoms with Gasteiger partial charge in [0.25, 0.3) is 0 Å². The molecule has 3 rings (SSSR count). The van der Waals surface area contributed by atoms with Gasteiger partial charge in [0.1, 0.15) is 0 Å². The topological polar surface area (TPSA) is 81.8 Å². The molecule has 2 amide bonds. The number of hydrogen-bond acceptors (Lipinski definition) is 4. The molecule has 0 spiro atoms. The number of rotatable bonds is 5. The first-order chi connectivity index (χ1) is 13.3. The first-order valence-electron chi connectivity index (χ1n) is 9.78. The van der Waals surface area contributed by atoms with E-state index in [0.29, 0.717) is 25.9 Å². The molecule has 2 fully saturated rings. The fourth-order valence-electron chi connectivity index (χ4n) is 3.83. The summed E-state index contributed by atoms with van der Waals surface area (Å²) in [4.78, 5) is 14.7. The average molecular weight is 429 g/mol. The molecule has 0 atom stereocenters. The Labute approximate surface area is 172 Å². The van der Waals surface area contributed by atoms with Crippen LogP contribution in [0.1, 0.15) is 31.2 Å². The number of carbonyl (C=O) groups is 1. The Hall–Kier alpha value is -1.35. The number of benzene rings is 1. The molecule has 9 heteroatoms. The molecule has 2 saturated heterocycles. The lowest BCUT2D eigenvalue weighted by Crippen LogP contribution is -2.52. The summed E-state index contributed by atoms with van der Waals surface area (Å²) in [6, 6.07) is 7.99. The van der Waals surface area contributed by atoms with Crippen LogP contribution in [-0.4, -0.2) is 68.2 Å². The van der Waals surface area contributed by atoms with Crippen LogP contribution in [0, 0.1) is 0 Å². The summed E-state index contributed by atoms with van der Waals surface area (Å²) in [7, 11) is -3.14. The summed E-state index contributed by atoms with van der Waals surface area (Å²) in [6.07, 6.45) is 4.38. The van der Waals surface area contributed by atoms with Gasteiger partial charge in [-0.1, -0.05) is 23.7 Å². The highest BCUT2D eigenvalue weighted by atomic mass is 35.5. The van der Waals surface area contributed by atoms with Gasteiger partial charge in [-0.25, -0.2) is 17.5 Å². The molecule has 156 valence electrons. The van der Waals surface area contributed by atoms with E-state index < -0.39 is 10.0 Å². The molecule has 2 aliphatic heterocycles. The van der Waals surface area contributed by atoms with E-state index in [2.05, 4.69) is 27.7 Å². The van der Waals surface area contributed by atoms with Crippen LogP contribution in [0.4, 0.5) is 4.79 Å². The second kappa shape index (κ2) is 9.43. The van der Waals surface area contributed by atoms with Gasteiger partial charge in [-0.15, -0.1) is 0 Å². The first kappa shape index (κ1) is 21.4. The molecule has 0 unspecified atom stereocenters. The van der Waals surface area contributed by atoms with Crippen LogP contribution in [0.2, 0.25) is 5.02 Å². The maximum absolute atomic E-state index is 12.3. The summed E-state index contributed by atoms with van der Waals surface area (Å²) in [5.41, 5.74) is 1.24. The lowest BCUT2D eigenvalue weighted by molar-refractivity contribution is 0.184. The second-order valence-corrected chi connectivity index (χ2v) is 10.1. The Morgan fingerprint density at radius 2 is 1.50 bits per heavy atom. The van der Waals surface area contributed by atoms with E-state index in [-0.39, 0.29) is 18.1 Å². The van der Waals surface area contributed by atoms with Crippen LogP contribution < -0.4 is 10.6 Å². The molecule has 0 aliphatic carbocycles. The lowest BCUT2D eigenvalue weighted by Gasteiger charge is -2.34. The highest BCUT2D eigenvalue weighted by Crippen LogP contribution is 2.16. The van der Waals surface area contributed by atoms with E-state index >= 15 is 0 Å². The number of halogens is 1. The van der Waals surface area contributed by atoms with Gasteiger partial charge in [-0.2, -0.15) is 0 Å². The zero-order valence-corrected chi connectivity index (χ0v) is 17.8. The maximum atomic E-state index is 12.3. The SMILES string of the molecule is CS(=O)(=O)N1CCC(NC(=O)NC2CCN(Cc3ccc(Cl)cc3)CC2)CC1. The Balaban J connectivity index is 1.35. The monoisotopic (exact) mass is 428 g/mol. The molecular formula is C19H29ClN4O3S. The van der Waals surface area contributed by atoms with Crippen LogP contribution in [-0.2, 0) is 16.6 Å². The van der Waals surface area contributed by atoms with E-state index in [1.54, 1.807) is 0 Å². The number of carbonyl (C=O) groups excluding carboxylic acids is 1. The molecule has 0 radical (unpaired) electrons. The summed E-state index contributed by atoms with van der Waals surface area (Å²) in [5.74, 6) is 0. The molecule has 1 aromatic carbocycles. The van der Waals surface area contributed by atoms with Crippen molar-refractivity contribution in [1.82, 2.24) is 19.8 Å². The molecule has 0 aromatic heterocycles. The molecule has 7 nitrogen and oxygen atoms in total. The number of urea groups is 1. The molecule has 0 bridgehead atoms. The van der Waals surface area contributed by atoms with Crippen LogP contribution in [0.5, 0.6) is 0 Å². The van der Waals surface area contributed by atoms with Crippen molar-refractivity contribution in [3.8, 4) is 0 Å². The van der Waals surface area contributed by atoms with E-state index in [4.69, 9.17) is 11.6 Å². The summed E-state index contributed by atoms with van der Waals surface area (Å²) >= 11 is 5.93. The van der Waals surface area contributed by atoms with Crippen molar-refractivity contribution in [3.05, 3.63) is 34.9 Å². The predicted octanol–water partition coefficient (Wildman–Crippen LogP) is 2.03. The largest absolute Gasteiger partial charge is 0.335 e. The van der Waals surface area contributed by atoms with E-state index in [1.807, 2.05) is 12.1 Å². The van der Waals surface area contributed by atoms with Crippen LogP contribution >= 0.6 is 11.6 Å². The number of amides is 2. The normalized spacial score (nSPS) is 20.8. The fourth-order valence-corrected chi connectivity index (χ4v) is 4.83. The third-order valence-corrected chi connectivity index (χ3v) is 7.06. The van der Waals surface area contributed by atoms with Crippen LogP contribution in [0.25, 0.3) is 0 Å². The van der Waals surface area contributed by atoms with E-state index in [1.165, 1.54) is 16.1 Å². The standard InChI is InChI=1S/C19H29ClN4O3S/c1-28(26,27)24-12-8-18(9-13-24)22-19(25)21-17-6-10-23(11-7-17)14-15-2-4-16(20)5-3-15/h2-5,17-18H,6-14H2,1H3,(H2,21,22,25). The van der Waals surface area contributed by atoms with E-state index in [0.717, 1.165) is 37.5 Å². The Kier molecular flexibility index (Phi) is 7.20. The fraction of sp³-hybridized carbons (Fsp3) is 0.632. The Morgan fingerprint density at radius 1 is 1.00 bits per heavy atom. The summed E-state index contributed by atoms with van der Waals surface area (Å²) in [5, 5.41) is 6.82. The van der Waals surface area contributed by atoms with Gasteiger partial charge in [0.2, 0.25) is 10.0 Å². The lowest BCUT2D eigenvalue weighted by atomic mass is 10.0. The average Bonchev–Trinajstić information content (AvgIpc) is 2.65. The zero-order valence-electron chi connectivity index (χ0n) is 16.2. The van der Waals surface area contributed by atoms with Crippen molar-refractivity contribution in [1.29, 1.82) is 0 Å². The third-order valence-electron chi connectivity index (χ3n) is 5.50. The Bertz CT molecular complexity index is 756. The summed E-state index contributed by atoms with van der Waals surface area (Å²) < 4.78 is 24.6. The van der Waals surface area contributed by atoms with Crippen LogP contribution in [0.3, 0.4) is 0 Å². The van der Waals surface area contributed by atoms with Crippen molar-refractivity contribution in [3.63, 3.8) is 0 Å². The minimum atomic E-state index is -3.14. The van der Waals surface area contributed by atoms with Crippen molar-refractivity contribution in [2.24, 2.45) is 0 Å². The van der Waals surface area contributed by atoms with Gasteiger partial charge in [0, 0.05) is 49.8 Å². The van der Waals surface area contributed by atoms with Crippen molar-refractivity contribution < 1.29 is 13.2 Å².